The average molecular weight is 424 g/mol. The van der Waals surface area contributed by atoms with Crippen molar-refractivity contribution in [1.29, 1.82) is 0 Å². The number of carbonyl (C=O) groups excluding carboxylic acids is 1. The number of anilines is 3. The van der Waals surface area contributed by atoms with Crippen molar-refractivity contribution in [2.24, 2.45) is 5.41 Å². The third-order valence-electron chi connectivity index (χ3n) is 5.85. The number of amides is 1. The molecule has 0 saturated carbocycles. The maximum Gasteiger partial charge on any atom is 0.275 e. The summed E-state index contributed by atoms with van der Waals surface area (Å²) in [5, 5.41) is 16.5. The fourth-order valence-electron chi connectivity index (χ4n) is 3.87. The number of aryl methyl sites for hydroxylation is 1. The second-order valence-corrected chi connectivity index (χ2v) is 8.66. The van der Waals surface area contributed by atoms with Crippen LogP contribution in [0.1, 0.15) is 48.1 Å². The van der Waals surface area contributed by atoms with Crippen molar-refractivity contribution in [1.82, 2.24) is 9.88 Å². The molecule has 3 aromatic rings. The van der Waals surface area contributed by atoms with Crippen molar-refractivity contribution >= 4 is 23.0 Å². The minimum Gasteiger partial charge on any atom is -0.504 e. The molecule has 0 spiro atoms. The van der Waals surface area contributed by atoms with E-state index >= 15 is 0 Å². The van der Waals surface area contributed by atoms with Crippen LogP contribution in [0.3, 0.4) is 0 Å². The molecule has 1 atom stereocenters. The minimum absolute atomic E-state index is 0.0317. The van der Waals surface area contributed by atoms with Crippen LogP contribution in [-0.4, -0.2) is 35.0 Å². The first kappa shape index (κ1) is 20.6. The molecule has 1 aliphatic rings. The number of pyridine rings is 1. The molecule has 1 amide bonds. The Labute approximate surface area is 178 Å². The Kier molecular flexibility index (Phi) is 4.83. The first-order chi connectivity index (χ1) is 14.6. The number of nitrogens with one attached hydrogen (secondary N) is 2. The number of hydrogen-bond donors (Lipinski definition) is 3. The van der Waals surface area contributed by atoms with Gasteiger partial charge in [0, 0.05) is 20.3 Å². The molecule has 162 valence electrons. The van der Waals surface area contributed by atoms with Crippen LogP contribution in [0.5, 0.6) is 5.75 Å². The van der Waals surface area contributed by atoms with E-state index in [4.69, 9.17) is 4.42 Å². The quantitative estimate of drug-likeness (QED) is 0.534. The van der Waals surface area contributed by atoms with Crippen molar-refractivity contribution in [2.75, 3.05) is 24.7 Å². The van der Waals surface area contributed by atoms with Gasteiger partial charge in [-0.05, 0) is 36.0 Å². The molecular formula is C22H24N4O5. The van der Waals surface area contributed by atoms with Gasteiger partial charge in [0.2, 0.25) is 0 Å². The third kappa shape index (κ3) is 3.35. The van der Waals surface area contributed by atoms with E-state index in [1.54, 1.807) is 6.26 Å². The molecule has 2 aromatic heterocycles. The Balaban J connectivity index is 1.67. The van der Waals surface area contributed by atoms with E-state index in [1.165, 1.54) is 31.3 Å². The smallest absolute Gasteiger partial charge is 0.275 e. The van der Waals surface area contributed by atoms with Gasteiger partial charge in [-0.25, -0.2) is 4.98 Å². The highest BCUT2D eigenvalue weighted by Crippen LogP contribution is 2.46. The fraction of sp³-hybridized carbons (Fsp3) is 0.364. The first-order valence-corrected chi connectivity index (χ1v) is 9.94. The van der Waals surface area contributed by atoms with Crippen LogP contribution in [0.15, 0.2) is 38.6 Å². The highest BCUT2D eigenvalue weighted by Gasteiger charge is 2.40. The van der Waals surface area contributed by atoms with Crippen LogP contribution in [0.25, 0.3) is 0 Å². The van der Waals surface area contributed by atoms with Gasteiger partial charge in [0.05, 0.1) is 18.0 Å². The van der Waals surface area contributed by atoms with Gasteiger partial charge in [-0.1, -0.05) is 13.8 Å². The Morgan fingerprint density at radius 2 is 1.94 bits per heavy atom. The van der Waals surface area contributed by atoms with Gasteiger partial charge in [-0.2, -0.15) is 0 Å². The first-order valence-electron chi connectivity index (χ1n) is 9.94. The van der Waals surface area contributed by atoms with E-state index < -0.39 is 22.5 Å². The predicted molar refractivity (Wildman–Crippen MR) is 116 cm³/mol. The van der Waals surface area contributed by atoms with E-state index in [-0.39, 0.29) is 34.2 Å². The van der Waals surface area contributed by atoms with Gasteiger partial charge in [-0.15, -0.1) is 0 Å². The third-order valence-corrected chi connectivity index (χ3v) is 5.85. The van der Waals surface area contributed by atoms with Gasteiger partial charge in [-0.3, -0.25) is 14.4 Å². The Bertz CT molecular complexity index is 1230. The number of carbonyl (C=O) groups is 1. The summed E-state index contributed by atoms with van der Waals surface area (Å²) in [5.74, 6) is -0.133. The van der Waals surface area contributed by atoms with Crippen molar-refractivity contribution < 1.29 is 14.3 Å². The van der Waals surface area contributed by atoms with E-state index in [0.717, 1.165) is 24.2 Å². The zero-order chi connectivity index (χ0) is 22.5. The lowest BCUT2D eigenvalue weighted by Gasteiger charge is -2.38. The lowest BCUT2D eigenvalue weighted by Crippen LogP contribution is -2.41. The maximum absolute atomic E-state index is 12.4. The van der Waals surface area contributed by atoms with Gasteiger partial charge in [0.1, 0.15) is 17.1 Å². The van der Waals surface area contributed by atoms with Crippen molar-refractivity contribution in [3.05, 3.63) is 62.1 Å². The molecule has 1 aliphatic carbocycles. The summed E-state index contributed by atoms with van der Waals surface area (Å²) >= 11 is 0. The number of nitrogens with zero attached hydrogens (tertiary/aromatic N) is 2. The van der Waals surface area contributed by atoms with Gasteiger partial charge in [0.15, 0.2) is 11.4 Å². The number of aromatic hydroxyl groups is 1. The van der Waals surface area contributed by atoms with Crippen LogP contribution in [-0.2, 0) is 6.42 Å². The van der Waals surface area contributed by atoms with Crippen LogP contribution < -0.4 is 21.5 Å². The normalized spacial score (nSPS) is 17.2. The second-order valence-electron chi connectivity index (χ2n) is 8.66. The number of fused-ring (bicyclic) bond motifs is 1. The monoisotopic (exact) mass is 424 g/mol. The molecule has 9 nitrogen and oxygen atoms in total. The molecule has 4 rings (SSSR count). The molecule has 0 unspecified atom stereocenters. The number of rotatable bonds is 5. The van der Waals surface area contributed by atoms with Gasteiger partial charge < -0.3 is 25.1 Å². The minimum atomic E-state index is -0.701. The zero-order valence-corrected chi connectivity index (χ0v) is 17.8. The summed E-state index contributed by atoms with van der Waals surface area (Å²) in [6, 6.07) is 3.04. The van der Waals surface area contributed by atoms with E-state index in [0.29, 0.717) is 0 Å². The molecule has 1 aromatic carbocycles. The summed E-state index contributed by atoms with van der Waals surface area (Å²) in [7, 11) is 3.08. The molecule has 9 heteroatoms. The number of furan rings is 1. The van der Waals surface area contributed by atoms with Crippen LogP contribution >= 0.6 is 0 Å². The Morgan fingerprint density at radius 3 is 2.65 bits per heavy atom. The van der Waals surface area contributed by atoms with Crippen LogP contribution in [0.4, 0.5) is 17.1 Å². The summed E-state index contributed by atoms with van der Waals surface area (Å²) in [6.45, 7) is 4.14. The van der Waals surface area contributed by atoms with Crippen LogP contribution in [0.2, 0.25) is 0 Å². The molecule has 0 radical (unpaired) electrons. The molecule has 31 heavy (non-hydrogen) atoms. The number of aromatic nitrogens is 1. The van der Waals surface area contributed by atoms with E-state index in [9.17, 15) is 19.5 Å². The SMILES string of the molecule is CN(C)C(=O)c1nccc(Nc2c(N[C@H]3c4occc4CCC3(C)C)c(=O)c2=O)c1O. The van der Waals surface area contributed by atoms with Gasteiger partial charge >= 0.3 is 0 Å². The van der Waals surface area contributed by atoms with E-state index in [2.05, 4.69) is 29.5 Å². The van der Waals surface area contributed by atoms with E-state index in [1.807, 2.05) is 6.07 Å². The summed E-state index contributed by atoms with van der Waals surface area (Å²) < 4.78 is 5.68. The van der Waals surface area contributed by atoms with Gasteiger partial charge in [0.25, 0.3) is 16.8 Å². The van der Waals surface area contributed by atoms with Crippen LogP contribution in [0, 0.1) is 5.41 Å². The fourth-order valence-corrected chi connectivity index (χ4v) is 3.87. The van der Waals surface area contributed by atoms with Crippen molar-refractivity contribution in [3.8, 4) is 5.75 Å². The average Bonchev–Trinajstić information content (AvgIpc) is 3.20. The Morgan fingerprint density at radius 1 is 1.23 bits per heavy atom. The zero-order valence-electron chi connectivity index (χ0n) is 17.8. The molecular weight excluding hydrogens is 400 g/mol. The topological polar surface area (TPSA) is 125 Å². The molecule has 0 aliphatic heterocycles. The highest BCUT2D eigenvalue weighted by molar-refractivity contribution is 5.97. The van der Waals surface area contributed by atoms with Crippen molar-refractivity contribution in [2.45, 2.75) is 32.7 Å². The standard InChI is InChI=1S/C22H24N4O5/c1-22(2)8-5-11-7-10-31-19(11)20(22)25-14-13(17(28)18(14)29)24-12-6-9-23-15(16(12)27)21(30)26(3)4/h6-7,9-10,20,25,27H,5,8H2,1-4H3,(H,23,24)/t20-/m0/s1. The Hall–Kier alpha value is -3.62. The largest absolute Gasteiger partial charge is 0.504 e. The summed E-state index contributed by atoms with van der Waals surface area (Å²) in [5.41, 5.74) is -0.375. The lowest BCUT2D eigenvalue weighted by molar-refractivity contribution is 0.0819. The molecule has 0 saturated heterocycles. The summed E-state index contributed by atoms with van der Waals surface area (Å²) in [6.07, 6.45) is 4.73. The number of hydrogen-bond acceptors (Lipinski definition) is 8. The van der Waals surface area contributed by atoms with Crippen molar-refractivity contribution in [3.63, 3.8) is 0 Å². The molecule has 3 N–H and O–H groups in total. The summed E-state index contributed by atoms with van der Waals surface area (Å²) in [4.78, 5) is 42.1. The second kappa shape index (κ2) is 7.26. The molecule has 0 bridgehead atoms. The maximum atomic E-state index is 12.4. The predicted octanol–water partition coefficient (Wildman–Crippen LogP) is 2.55. The molecule has 2 heterocycles. The molecule has 0 fully saturated rings. The highest BCUT2D eigenvalue weighted by atomic mass is 16.3. The lowest BCUT2D eigenvalue weighted by atomic mass is 9.73.